The highest BCUT2D eigenvalue weighted by atomic mass is 16.5. The summed E-state index contributed by atoms with van der Waals surface area (Å²) in [6.45, 7) is 11.7. The fourth-order valence-corrected chi connectivity index (χ4v) is 2.67. The maximum Gasteiger partial charge on any atom is 0.264 e. The first-order valence-electron chi connectivity index (χ1n) is 8.31. The fourth-order valence-electron chi connectivity index (χ4n) is 2.67. The molecule has 2 rings (SSSR count). The van der Waals surface area contributed by atoms with Gasteiger partial charge in [0.2, 0.25) is 0 Å². The van der Waals surface area contributed by atoms with Crippen LogP contribution < -0.4 is 5.56 Å². The number of hydrogen-bond acceptors (Lipinski definition) is 4. The van der Waals surface area contributed by atoms with Gasteiger partial charge in [-0.3, -0.25) is 9.59 Å². The van der Waals surface area contributed by atoms with Crippen LogP contribution in [0.3, 0.4) is 0 Å². The van der Waals surface area contributed by atoms with E-state index >= 15 is 0 Å². The van der Waals surface area contributed by atoms with Gasteiger partial charge in [-0.1, -0.05) is 27.7 Å². The third kappa shape index (κ3) is 4.19. The molecule has 1 saturated heterocycles. The Morgan fingerprint density at radius 1 is 1.39 bits per heavy atom. The van der Waals surface area contributed by atoms with Crippen LogP contribution in [0.25, 0.3) is 0 Å². The molecule has 128 valence electrons. The molecule has 1 N–H and O–H groups in total. The molecule has 0 unspecified atom stereocenters. The van der Waals surface area contributed by atoms with Gasteiger partial charge in [0.25, 0.3) is 11.5 Å². The molecule has 6 nitrogen and oxygen atoms in total. The van der Waals surface area contributed by atoms with E-state index in [4.69, 9.17) is 4.74 Å². The Morgan fingerprint density at radius 3 is 2.65 bits per heavy atom. The van der Waals surface area contributed by atoms with Crippen molar-refractivity contribution in [2.45, 2.75) is 53.1 Å². The first-order valence-corrected chi connectivity index (χ1v) is 8.31. The molecule has 1 aliphatic rings. The number of carbonyl (C=O) groups excluding carboxylic acids is 1. The second-order valence-corrected chi connectivity index (χ2v) is 6.96. The number of amides is 1. The summed E-state index contributed by atoms with van der Waals surface area (Å²) in [7, 11) is 0. The zero-order valence-corrected chi connectivity index (χ0v) is 14.7. The van der Waals surface area contributed by atoms with E-state index in [1.165, 1.54) is 0 Å². The Hall–Kier alpha value is -1.69. The number of likely N-dealkylation sites (tertiary alicyclic amines) is 1. The lowest BCUT2D eigenvalue weighted by molar-refractivity contribution is 0.0396. The summed E-state index contributed by atoms with van der Waals surface area (Å²) in [5.41, 5.74) is 0.297. The summed E-state index contributed by atoms with van der Waals surface area (Å²) >= 11 is 0. The summed E-state index contributed by atoms with van der Waals surface area (Å²) in [6, 6.07) is 0. The van der Waals surface area contributed by atoms with Crippen molar-refractivity contribution in [3.05, 3.63) is 27.4 Å². The van der Waals surface area contributed by atoms with Crippen molar-refractivity contribution in [2.75, 3.05) is 19.7 Å². The molecule has 0 spiro atoms. The molecule has 0 aromatic carbocycles. The first-order chi connectivity index (χ1) is 10.8. The molecular weight excluding hydrogens is 294 g/mol. The van der Waals surface area contributed by atoms with Crippen LogP contribution in [0.2, 0.25) is 0 Å². The van der Waals surface area contributed by atoms with Gasteiger partial charge >= 0.3 is 0 Å². The molecule has 0 saturated carbocycles. The molecule has 0 radical (unpaired) electrons. The van der Waals surface area contributed by atoms with E-state index < -0.39 is 0 Å². The second kappa shape index (κ2) is 7.25. The molecular formula is C17H27N3O3. The number of carbonyl (C=O) groups is 1. The van der Waals surface area contributed by atoms with Gasteiger partial charge in [0.05, 0.1) is 11.8 Å². The molecule has 1 fully saturated rings. The number of nitrogens with one attached hydrogen (secondary N) is 1. The maximum absolute atomic E-state index is 12.7. The van der Waals surface area contributed by atoms with Crippen molar-refractivity contribution in [2.24, 2.45) is 5.92 Å². The Labute approximate surface area is 137 Å². The minimum absolute atomic E-state index is 0.0589. The Balaban J connectivity index is 2.11. The third-order valence-electron chi connectivity index (χ3n) is 3.98. The molecule has 1 atom stereocenters. The van der Waals surface area contributed by atoms with Crippen molar-refractivity contribution in [3.8, 4) is 0 Å². The Kier molecular flexibility index (Phi) is 5.57. The first kappa shape index (κ1) is 17.7. The van der Waals surface area contributed by atoms with Crippen molar-refractivity contribution >= 4 is 5.91 Å². The van der Waals surface area contributed by atoms with Crippen molar-refractivity contribution in [3.63, 3.8) is 0 Å². The fraction of sp³-hybridized carbons (Fsp3) is 0.706. The molecule has 2 heterocycles. The minimum atomic E-state index is -0.349. The average molecular weight is 321 g/mol. The largest absolute Gasteiger partial charge is 0.376 e. The van der Waals surface area contributed by atoms with E-state index in [1.54, 1.807) is 11.8 Å². The summed E-state index contributed by atoms with van der Waals surface area (Å²) in [4.78, 5) is 33.7. The highest BCUT2D eigenvalue weighted by Gasteiger charge is 2.30. The number of nitrogens with zero attached hydrogens (tertiary/aromatic N) is 2. The van der Waals surface area contributed by atoms with Gasteiger partial charge in [-0.25, -0.2) is 4.98 Å². The van der Waals surface area contributed by atoms with E-state index in [-0.39, 0.29) is 29.1 Å². The van der Waals surface area contributed by atoms with E-state index in [2.05, 4.69) is 23.8 Å². The average Bonchev–Trinajstić information content (AvgIpc) is 2.92. The van der Waals surface area contributed by atoms with Crippen LogP contribution in [0.15, 0.2) is 4.79 Å². The standard InChI is InChI=1S/C17H27N3O3/c1-10(2)9-23-13-6-7-20(8-13)17(22)14-12(5)18-15(11(3)4)19-16(14)21/h10-11,13H,6-9H2,1-5H3,(H,18,19,21)/t13-/m1/s1. The maximum atomic E-state index is 12.7. The van der Waals surface area contributed by atoms with Crippen LogP contribution in [0, 0.1) is 12.8 Å². The van der Waals surface area contributed by atoms with E-state index in [9.17, 15) is 9.59 Å². The SMILES string of the molecule is Cc1nc(C(C)C)[nH]c(=O)c1C(=O)N1CC[C@@H](OCC(C)C)C1. The molecule has 1 aromatic heterocycles. The number of ether oxygens (including phenoxy) is 1. The number of hydrogen-bond donors (Lipinski definition) is 1. The van der Waals surface area contributed by atoms with Gasteiger partial charge in [-0.15, -0.1) is 0 Å². The quantitative estimate of drug-likeness (QED) is 0.901. The predicted molar refractivity (Wildman–Crippen MR) is 88.8 cm³/mol. The molecule has 0 bridgehead atoms. The number of H-pyrrole nitrogens is 1. The summed E-state index contributed by atoms with van der Waals surface area (Å²) in [6.07, 6.45) is 0.871. The Morgan fingerprint density at radius 2 is 2.09 bits per heavy atom. The zero-order valence-electron chi connectivity index (χ0n) is 14.7. The highest BCUT2D eigenvalue weighted by molar-refractivity contribution is 5.95. The topological polar surface area (TPSA) is 75.3 Å². The van der Waals surface area contributed by atoms with Crippen LogP contribution in [-0.2, 0) is 4.74 Å². The molecule has 1 aliphatic heterocycles. The number of aromatic amines is 1. The van der Waals surface area contributed by atoms with Gasteiger partial charge in [0, 0.05) is 25.6 Å². The number of aromatic nitrogens is 2. The van der Waals surface area contributed by atoms with Gasteiger partial charge in [0.1, 0.15) is 11.4 Å². The lowest BCUT2D eigenvalue weighted by Gasteiger charge is -2.18. The zero-order chi connectivity index (χ0) is 17.1. The normalized spacial score (nSPS) is 18.2. The third-order valence-corrected chi connectivity index (χ3v) is 3.98. The van der Waals surface area contributed by atoms with Crippen molar-refractivity contribution in [1.82, 2.24) is 14.9 Å². The summed E-state index contributed by atoms with van der Waals surface area (Å²) in [5, 5.41) is 0. The molecule has 6 heteroatoms. The van der Waals surface area contributed by atoms with Gasteiger partial charge < -0.3 is 14.6 Å². The summed E-state index contributed by atoms with van der Waals surface area (Å²) < 4.78 is 5.80. The number of aryl methyl sites for hydroxylation is 1. The minimum Gasteiger partial charge on any atom is -0.376 e. The molecule has 1 aromatic rings. The monoisotopic (exact) mass is 321 g/mol. The van der Waals surface area contributed by atoms with E-state index in [0.29, 0.717) is 37.1 Å². The Bertz CT molecular complexity index is 622. The van der Waals surface area contributed by atoms with Crippen LogP contribution in [0.1, 0.15) is 61.9 Å². The highest BCUT2D eigenvalue weighted by Crippen LogP contribution is 2.17. The molecule has 23 heavy (non-hydrogen) atoms. The van der Waals surface area contributed by atoms with Crippen LogP contribution in [-0.4, -0.2) is 46.6 Å². The lowest BCUT2D eigenvalue weighted by Crippen LogP contribution is -2.36. The smallest absolute Gasteiger partial charge is 0.264 e. The van der Waals surface area contributed by atoms with Gasteiger partial charge in [0.15, 0.2) is 0 Å². The molecule has 1 amide bonds. The molecule has 0 aliphatic carbocycles. The van der Waals surface area contributed by atoms with Crippen molar-refractivity contribution < 1.29 is 9.53 Å². The van der Waals surface area contributed by atoms with E-state index in [1.807, 2.05) is 13.8 Å². The van der Waals surface area contributed by atoms with Crippen molar-refractivity contribution in [1.29, 1.82) is 0 Å². The lowest BCUT2D eigenvalue weighted by atomic mass is 10.1. The van der Waals surface area contributed by atoms with Gasteiger partial charge in [-0.2, -0.15) is 0 Å². The number of rotatable bonds is 5. The predicted octanol–water partition coefficient (Wildman–Crippen LogP) is 2.09. The van der Waals surface area contributed by atoms with Gasteiger partial charge in [-0.05, 0) is 19.3 Å². The van der Waals surface area contributed by atoms with Crippen LogP contribution in [0.5, 0.6) is 0 Å². The second-order valence-electron chi connectivity index (χ2n) is 6.96. The van der Waals surface area contributed by atoms with E-state index in [0.717, 1.165) is 6.42 Å². The summed E-state index contributed by atoms with van der Waals surface area (Å²) in [5.74, 6) is 0.953. The van der Waals surface area contributed by atoms with Crippen LogP contribution >= 0.6 is 0 Å². The van der Waals surface area contributed by atoms with Crippen LogP contribution in [0.4, 0.5) is 0 Å².